The zero-order valence-electron chi connectivity index (χ0n) is 14.9. The van der Waals surface area contributed by atoms with Crippen LogP contribution in [0, 0.1) is 5.82 Å². The summed E-state index contributed by atoms with van der Waals surface area (Å²) < 4.78 is 26.3. The van der Waals surface area contributed by atoms with E-state index in [0.717, 1.165) is 0 Å². The molecular formula is C18H21FN4O3. The number of aromatic nitrogens is 3. The van der Waals surface area contributed by atoms with Gasteiger partial charge in [0.2, 0.25) is 0 Å². The number of carbonyl (C=O) groups is 1. The van der Waals surface area contributed by atoms with Gasteiger partial charge in [0.05, 0.1) is 12.7 Å². The molecule has 8 heteroatoms. The summed E-state index contributed by atoms with van der Waals surface area (Å²) in [7, 11) is 0. The number of hydrogen-bond donors (Lipinski definition) is 0. The standard InChI is InChI=1S/C18H21FN4O3/c1-18(2,3)26-17(24)22-9-14(16-15(10-22)25-16)23-8-13(20-21-23)11-5-4-6-12(19)7-11/h4-8,14-16H,9-10H2,1-3H3/t14-,15-,16+/m0/s1. The number of piperidine rings is 1. The van der Waals surface area contributed by atoms with Gasteiger partial charge in [0.15, 0.2) is 0 Å². The molecule has 0 bridgehead atoms. The van der Waals surface area contributed by atoms with Gasteiger partial charge < -0.3 is 14.4 Å². The predicted molar refractivity (Wildman–Crippen MR) is 90.9 cm³/mol. The first-order chi connectivity index (χ1) is 12.3. The van der Waals surface area contributed by atoms with E-state index in [4.69, 9.17) is 9.47 Å². The molecule has 0 aliphatic carbocycles. The minimum absolute atomic E-state index is 0.00995. The van der Waals surface area contributed by atoms with E-state index in [2.05, 4.69) is 10.3 Å². The van der Waals surface area contributed by atoms with Crippen molar-refractivity contribution in [2.24, 2.45) is 0 Å². The molecule has 2 aliphatic heterocycles. The highest BCUT2D eigenvalue weighted by Gasteiger charge is 2.52. The van der Waals surface area contributed by atoms with Crippen molar-refractivity contribution < 1.29 is 18.7 Å². The molecule has 4 rings (SSSR count). The van der Waals surface area contributed by atoms with Crippen LogP contribution in [0.15, 0.2) is 30.5 Å². The van der Waals surface area contributed by atoms with Gasteiger partial charge >= 0.3 is 6.09 Å². The summed E-state index contributed by atoms with van der Waals surface area (Å²) in [5, 5.41) is 8.32. The van der Waals surface area contributed by atoms with Crippen LogP contribution in [0.5, 0.6) is 0 Å². The Balaban J connectivity index is 1.52. The van der Waals surface area contributed by atoms with E-state index in [0.29, 0.717) is 24.3 Å². The average molecular weight is 360 g/mol. The molecular weight excluding hydrogens is 339 g/mol. The Labute approximate surface area is 150 Å². The molecule has 0 saturated carbocycles. The van der Waals surface area contributed by atoms with Crippen LogP contribution in [0.3, 0.4) is 0 Å². The lowest BCUT2D eigenvalue weighted by atomic mass is 10.1. The molecule has 3 atom stereocenters. The number of nitrogens with zero attached hydrogens (tertiary/aromatic N) is 4. The Bertz CT molecular complexity index is 832. The zero-order valence-corrected chi connectivity index (χ0v) is 14.9. The average Bonchev–Trinajstić information content (AvgIpc) is 3.18. The fraction of sp³-hybridized carbons (Fsp3) is 0.500. The highest BCUT2D eigenvalue weighted by Crippen LogP contribution is 2.38. The summed E-state index contributed by atoms with van der Waals surface area (Å²) >= 11 is 0. The van der Waals surface area contributed by atoms with Crippen molar-refractivity contribution >= 4 is 6.09 Å². The molecule has 0 N–H and O–H groups in total. The maximum atomic E-state index is 13.4. The topological polar surface area (TPSA) is 72.8 Å². The van der Waals surface area contributed by atoms with Crippen LogP contribution in [-0.2, 0) is 9.47 Å². The lowest BCUT2D eigenvalue weighted by Gasteiger charge is -2.31. The SMILES string of the molecule is CC(C)(C)OC(=O)N1C[C@@H]2O[C@@H]2[C@@H](n2cc(-c3cccc(F)c3)nn2)C1. The lowest BCUT2D eigenvalue weighted by molar-refractivity contribution is 0.0193. The van der Waals surface area contributed by atoms with E-state index in [-0.39, 0.29) is 30.2 Å². The largest absolute Gasteiger partial charge is 0.444 e. The number of amides is 1. The number of carbonyl (C=O) groups excluding carboxylic acids is 1. The van der Waals surface area contributed by atoms with Gasteiger partial charge in [0.1, 0.15) is 35.4 Å². The zero-order chi connectivity index (χ0) is 18.5. The molecule has 1 amide bonds. The van der Waals surface area contributed by atoms with Crippen molar-refractivity contribution in [3.05, 3.63) is 36.3 Å². The van der Waals surface area contributed by atoms with Crippen LogP contribution < -0.4 is 0 Å². The third-order valence-electron chi connectivity index (χ3n) is 4.43. The van der Waals surface area contributed by atoms with E-state index in [9.17, 15) is 9.18 Å². The van der Waals surface area contributed by atoms with Crippen LogP contribution >= 0.6 is 0 Å². The fourth-order valence-corrected chi connectivity index (χ4v) is 3.19. The quantitative estimate of drug-likeness (QED) is 0.770. The first kappa shape index (κ1) is 17.0. The Hall–Kier alpha value is -2.48. The maximum Gasteiger partial charge on any atom is 0.410 e. The highest BCUT2D eigenvalue weighted by atomic mass is 19.1. The molecule has 1 aromatic heterocycles. The third kappa shape index (κ3) is 3.41. The van der Waals surface area contributed by atoms with E-state index in [1.54, 1.807) is 27.9 Å². The molecule has 2 aliphatic rings. The van der Waals surface area contributed by atoms with E-state index in [1.165, 1.54) is 12.1 Å². The Morgan fingerprint density at radius 3 is 2.88 bits per heavy atom. The first-order valence-corrected chi connectivity index (χ1v) is 8.61. The van der Waals surface area contributed by atoms with E-state index < -0.39 is 5.60 Å². The van der Waals surface area contributed by atoms with Gasteiger partial charge in [-0.25, -0.2) is 13.9 Å². The Morgan fingerprint density at radius 1 is 1.35 bits per heavy atom. The van der Waals surface area contributed by atoms with Gasteiger partial charge in [-0.1, -0.05) is 17.3 Å². The fourth-order valence-electron chi connectivity index (χ4n) is 3.19. The summed E-state index contributed by atoms with van der Waals surface area (Å²) in [5.74, 6) is -0.323. The molecule has 3 heterocycles. The molecule has 2 fully saturated rings. The van der Waals surface area contributed by atoms with Gasteiger partial charge in [-0.2, -0.15) is 0 Å². The summed E-state index contributed by atoms with van der Waals surface area (Å²) in [6.07, 6.45) is 1.40. The highest BCUT2D eigenvalue weighted by molar-refractivity contribution is 5.68. The number of likely N-dealkylation sites (tertiary alicyclic amines) is 1. The third-order valence-corrected chi connectivity index (χ3v) is 4.43. The van der Waals surface area contributed by atoms with Crippen LogP contribution in [0.25, 0.3) is 11.3 Å². The van der Waals surface area contributed by atoms with Crippen molar-refractivity contribution in [1.82, 2.24) is 19.9 Å². The van der Waals surface area contributed by atoms with Crippen molar-refractivity contribution in [3.63, 3.8) is 0 Å². The number of hydrogen-bond acceptors (Lipinski definition) is 5. The normalized spacial score (nSPS) is 24.9. The molecule has 2 saturated heterocycles. The number of fused-ring (bicyclic) bond motifs is 1. The Kier molecular flexibility index (Phi) is 3.95. The van der Waals surface area contributed by atoms with Gasteiger partial charge in [-0.3, -0.25) is 0 Å². The number of ether oxygens (including phenoxy) is 2. The van der Waals surface area contributed by atoms with Gasteiger partial charge in [-0.05, 0) is 32.9 Å². The van der Waals surface area contributed by atoms with Gasteiger partial charge in [-0.15, -0.1) is 5.10 Å². The predicted octanol–water partition coefficient (Wildman–Crippen LogP) is 2.64. The smallest absolute Gasteiger partial charge is 0.410 e. The molecule has 138 valence electrons. The van der Waals surface area contributed by atoms with Crippen molar-refractivity contribution in [2.75, 3.05) is 13.1 Å². The summed E-state index contributed by atoms with van der Waals surface area (Å²) in [6, 6.07) is 6.07. The molecule has 7 nitrogen and oxygen atoms in total. The summed E-state index contributed by atoms with van der Waals surface area (Å²) in [4.78, 5) is 14.0. The number of epoxide rings is 1. The van der Waals surface area contributed by atoms with Crippen LogP contribution in [0.4, 0.5) is 9.18 Å². The number of benzene rings is 1. The monoisotopic (exact) mass is 360 g/mol. The molecule has 26 heavy (non-hydrogen) atoms. The molecule has 0 radical (unpaired) electrons. The second-order valence-corrected chi connectivity index (χ2v) is 7.69. The van der Waals surface area contributed by atoms with Gasteiger partial charge in [0, 0.05) is 12.1 Å². The number of halogens is 1. The summed E-state index contributed by atoms with van der Waals surface area (Å²) in [5.41, 5.74) is 0.687. The molecule has 2 aromatic rings. The minimum atomic E-state index is -0.550. The van der Waals surface area contributed by atoms with E-state index in [1.807, 2.05) is 20.8 Å². The van der Waals surface area contributed by atoms with Crippen LogP contribution in [-0.4, -0.2) is 56.9 Å². The second kappa shape index (κ2) is 6.05. The maximum absolute atomic E-state index is 13.4. The first-order valence-electron chi connectivity index (χ1n) is 8.61. The lowest BCUT2D eigenvalue weighted by Crippen LogP contribution is -2.46. The number of rotatable bonds is 2. The van der Waals surface area contributed by atoms with Crippen LogP contribution in [0.1, 0.15) is 26.8 Å². The molecule has 0 spiro atoms. The van der Waals surface area contributed by atoms with E-state index >= 15 is 0 Å². The second-order valence-electron chi connectivity index (χ2n) is 7.69. The van der Waals surface area contributed by atoms with Crippen molar-refractivity contribution in [2.45, 2.75) is 44.6 Å². The Morgan fingerprint density at radius 2 is 2.15 bits per heavy atom. The van der Waals surface area contributed by atoms with Crippen LogP contribution in [0.2, 0.25) is 0 Å². The van der Waals surface area contributed by atoms with Crippen molar-refractivity contribution in [3.8, 4) is 11.3 Å². The van der Waals surface area contributed by atoms with Gasteiger partial charge in [0.25, 0.3) is 0 Å². The molecule has 0 unspecified atom stereocenters. The van der Waals surface area contributed by atoms with Crippen molar-refractivity contribution in [1.29, 1.82) is 0 Å². The summed E-state index contributed by atoms with van der Waals surface area (Å²) in [6.45, 7) is 6.46. The molecule has 1 aromatic carbocycles. The minimum Gasteiger partial charge on any atom is -0.444 e.